The van der Waals surface area contributed by atoms with E-state index in [0.29, 0.717) is 19.4 Å². The highest BCUT2D eigenvalue weighted by atomic mass is 16.5. The molecule has 1 aliphatic rings. The van der Waals surface area contributed by atoms with Crippen molar-refractivity contribution in [3.63, 3.8) is 0 Å². The second kappa shape index (κ2) is 6.12. The third-order valence-corrected chi connectivity index (χ3v) is 3.30. The molecule has 1 saturated carbocycles. The lowest BCUT2D eigenvalue weighted by Gasteiger charge is -2.33. The molecule has 0 amide bonds. The number of carbonyl (C=O) groups excluding carboxylic acids is 1. The Hall–Kier alpha value is -0.940. The van der Waals surface area contributed by atoms with Gasteiger partial charge >= 0.3 is 5.97 Å². The SMILES string of the molecule is CCOCC(O)CC1(C(=O)O)CCCCC1=O. The van der Waals surface area contributed by atoms with E-state index in [4.69, 9.17) is 4.74 Å². The van der Waals surface area contributed by atoms with Crippen LogP contribution in [0.5, 0.6) is 0 Å². The number of aliphatic carboxylic acids is 1. The number of carboxylic acid groups (broad SMARTS) is 1. The largest absolute Gasteiger partial charge is 0.480 e. The first-order valence-corrected chi connectivity index (χ1v) is 6.05. The second-order valence-electron chi connectivity index (χ2n) is 4.53. The maximum atomic E-state index is 11.8. The van der Waals surface area contributed by atoms with Crippen molar-refractivity contribution < 1.29 is 24.5 Å². The topological polar surface area (TPSA) is 83.8 Å². The number of hydrogen-bond donors (Lipinski definition) is 2. The molecule has 2 N–H and O–H groups in total. The van der Waals surface area contributed by atoms with Crippen molar-refractivity contribution in [2.24, 2.45) is 5.41 Å². The summed E-state index contributed by atoms with van der Waals surface area (Å²) in [7, 11) is 0. The summed E-state index contributed by atoms with van der Waals surface area (Å²) in [4.78, 5) is 23.2. The van der Waals surface area contributed by atoms with E-state index in [2.05, 4.69) is 0 Å². The van der Waals surface area contributed by atoms with Crippen LogP contribution >= 0.6 is 0 Å². The quantitative estimate of drug-likeness (QED) is 0.681. The molecule has 98 valence electrons. The van der Waals surface area contributed by atoms with Crippen LogP contribution in [-0.4, -0.2) is 41.3 Å². The fourth-order valence-corrected chi connectivity index (χ4v) is 2.34. The first kappa shape index (κ1) is 14.1. The second-order valence-corrected chi connectivity index (χ2v) is 4.53. The van der Waals surface area contributed by atoms with Gasteiger partial charge in [0.15, 0.2) is 0 Å². The van der Waals surface area contributed by atoms with E-state index in [-0.39, 0.29) is 18.8 Å². The van der Waals surface area contributed by atoms with Gasteiger partial charge in [-0.15, -0.1) is 0 Å². The summed E-state index contributed by atoms with van der Waals surface area (Å²) in [5, 5.41) is 19.0. The van der Waals surface area contributed by atoms with Crippen LogP contribution in [0.3, 0.4) is 0 Å². The van der Waals surface area contributed by atoms with E-state index in [0.717, 1.165) is 12.8 Å². The van der Waals surface area contributed by atoms with E-state index in [1.54, 1.807) is 6.92 Å². The van der Waals surface area contributed by atoms with Crippen molar-refractivity contribution in [2.45, 2.75) is 45.1 Å². The molecule has 0 aromatic rings. The van der Waals surface area contributed by atoms with Crippen LogP contribution in [0.15, 0.2) is 0 Å². The fraction of sp³-hybridized carbons (Fsp3) is 0.833. The Morgan fingerprint density at radius 1 is 1.53 bits per heavy atom. The third-order valence-electron chi connectivity index (χ3n) is 3.30. The number of carbonyl (C=O) groups is 2. The fourth-order valence-electron chi connectivity index (χ4n) is 2.34. The highest BCUT2D eigenvalue weighted by molar-refractivity contribution is 6.03. The number of ketones is 1. The van der Waals surface area contributed by atoms with E-state index < -0.39 is 17.5 Å². The Bertz CT molecular complexity index is 289. The molecule has 0 spiro atoms. The average molecular weight is 244 g/mol. The van der Waals surface area contributed by atoms with Gasteiger partial charge in [0, 0.05) is 13.0 Å². The maximum Gasteiger partial charge on any atom is 0.317 e. The van der Waals surface area contributed by atoms with Crippen molar-refractivity contribution in [3.8, 4) is 0 Å². The third kappa shape index (κ3) is 3.26. The van der Waals surface area contributed by atoms with Gasteiger partial charge in [-0.25, -0.2) is 0 Å². The van der Waals surface area contributed by atoms with Crippen LogP contribution in [0.1, 0.15) is 39.0 Å². The Kier molecular flexibility index (Phi) is 5.08. The number of hydrogen-bond acceptors (Lipinski definition) is 4. The van der Waals surface area contributed by atoms with Crippen molar-refractivity contribution >= 4 is 11.8 Å². The van der Waals surface area contributed by atoms with Crippen molar-refractivity contribution in [2.75, 3.05) is 13.2 Å². The molecule has 2 atom stereocenters. The van der Waals surface area contributed by atoms with E-state index in [1.165, 1.54) is 0 Å². The molecule has 1 aliphatic carbocycles. The predicted molar refractivity (Wildman–Crippen MR) is 60.7 cm³/mol. The van der Waals surface area contributed by atoms with E-state index in [1.807, 2.05) is 0 Å². The molecule has 0 aromatic heterocycles. The molecule has 1 rings (SSSR count). The maximum absolute atomic E-state index is 11.8. The zero-order chi connectivity index (χ0) is 12.9. The lowest BCUT2D eigenvalue weighted by atomic mass is 9.69. The lowest BCUT2D eigenvalue weighted by molar-refractivity contribution is -0.160. The van der Waals surface area contributed by atoms with E-state index >= 15 is 0 Å². The van der Waals surface area contributed by atoms with Crippen LogP contribution in [0.2, 0.25) is 0 Å². The molecule has 2 unspecified atom stereocenters. The summed E-state index contributed by atoms with van der Waals surface area (Å²) in [6.45, 7) is 2.34. The molecule has 5 heteroatoms. The number of rotatable bonds is 6. The normalized spacial score (nSPS) is 26.8. The van der Waals surface area contributed by atoms with Crippen molar-refractivity contribution in [1.82, 2.24) is 0 Å². The summed E-state index contributed by atoms with van der Waals surface area (Å²) < 4.78 is 5.04. The first-order valence-electron chi connectivity index (χ1n) is 6.05. The molecule has 0 aromatic carbocycles. The van der Waals surface area contributed by atoms with Gasteiger partial charge in [-0.1, -0.05) is 6.42 Å². The number of Topliss-reactive ketones (excluding diaryl/α,β-unsaturated/α-hetero) is 1. The first-order chi connectivity index (χ1) is 8.03. The van der Waals surface area contributed by atoms with Gasteiger partial charge in [0.05, 0.1) is 12.7 Å². The molecule has 0 aliphatic heterocycles. The summed E-state index contributed by atoms with van der Waals surface area (Å²) in [6, 6.07) is 0. The molecular formula is C12H20O5. The van der Waals surface area contributed by atoms with Crippen LogP contribution in [0.25, 0.3) is 0 Å². The van der Waals surface area contributed by atoms with Gasteiger partial charge < -0.3 is 14.9 Å². The minimum atomic E-state index is -1.39. The Labute approximate surface area is 101 Å². The highest BCUT2D eigenvalue weighted by Gasteiger charge is 2.47. The van der Waals surface area contributed by atoms with E-state index in [9.17, 15) is 19.8 Å². The molecule has 1 fully saturated rings. The van der Waals surface area contributed by atoms with Crippen LogP contribution < -0.4 is 0 Å². The van der Waals surface area contributed by atoms with Gasteiger partial charge in [-0.05, 0) is 26.2 Å². The lowest BCUT2D eigenvalue weighted by Crippen LogP contribution is -2.44. The molecule has 17 heavy (non-hydrogen) atoms. The zero-order valence-electron chi connectivity index (χ0n) is 10.1. The molecule has 0 saturated heterocycles. The van der Waals surface area contributed by atoms with Crippen molar-refractivity contribution in [3.05, 3.63) is 0 Å². The predicted octanol–water partition coefficient (Wildman–Crippen LogP) is 0.988. The number of aliphatic hydroxyl groups is 1. The number of ether oxygens (including phenoxy) is 1. The van der Waals surface area contributed by atoms with Gasteiger partial charge in [-0.2, -0.15) is 0 Å². The molecule has 0 radical (unpaired) electrons. The zero-order valence-corrected chi connectivity index (χ0v) is 10.1. The van der Waals surface area contributed by atoms with Crippen LogP contribution in [-0.2, 0) is 14.3 Å². The summed E-state index contributed by atoms with van der Waals surface area (Å²) in [5.41, 5.74) is -1.39. The van der Waals surface area contributed by atoms with Crippen LogP contribution in [0, 0.1) is 5.41 Å². The Morgan fingerprint density at radius 3 is 2.76 bits per heavy atom. The molecule has 5 nitrogen and oxygen atoms in total. The molecule has 0 heterocycles. The number of carboxylic acids is 1. The standard InChI is InChI=1S/C12H20O5/c1-2-17-8-9(13)7-12(11(15)16)6-4-3-5-10(12)14/h9,13H,2-8H2,1H3,(H,15,16). The van der Waals surface area contributed by atoms with Gasteiger partial charge in [0.1, 0.15) is 11.2 Å². The van der Waals surface area contributed by atoms with Gasteiger partial charge in [0.25, 0.3) is 0 Å². The van der Waals surface area contributed by atoms with Gasteiger partial charge in [0.2, 0.25) is 0 Å². The van der Waals surface area contributed by atoms with Gasteiger partial charge in [-0.3, -0.25) is 9.59 Å². The Morgan fingerprint density at radius 2 is 2.24 bits per heavy atom. The Balaban J connectivity index is 2.71. The van der Waals surface area contributed by atoms with Crippen molar-refractivity contribution in [1.29, 1.82) is 0 Å². The summed E-state index contributed by atoms with van der Waals surface area (Å²) in [6.07, 6.45) is 1.15. The summed E-state index contributed by atoms with van der Waals surface area (Å²) >= 11 is 0. The molecule has 0 bridgehead atoms. The number of aliphatic hydroxyl groups excluding tert-OH is 1. The monoisotopic (exact) mass is 244 g/mol. The smallest absolute Gasteiger partial charge is 0.317 e. The minimum Gasteiger partial charge on any atom is -0.480 e. The minimum absolute atomic E-state index is 0.0405. The summed E-state index contributed by atoms with van der Waals surface area (Å²) in [5.74, 6) is -1.37. The average Bonchev–Trinajstić information content (AvgIpc) is 2.29. The highest BCUT2D eigenvalue weighted by Crippen LogP contribution is 2.37. The van der Waals surface area contributed by atoms with Crippen LogP contribution in [0.4, 0.5) is 0 Å². The molecular weight excluding hydrogens is 224 g/mol.